The molecule has 150 valence electrons. The second kappa shape index (κ2) is 10.2. The summed E-state index contributed by atoms with van der Waals surface area (Å²) < 4.78 is 5.15. The summed E-state index contributed by atoms with van der Waals surface area (Å²) >= 11 is 13.3. The summed E-state index contributed by atoms with van der Waals surface area (Å²) in [5.41, 5.74) is 1.22. The van der Waals surface area contributed by atoms with Crippen molar-refractivity contribution in [1.82, 2.24) is 5.32 Å². The molecule has 1 heterocycles. The summed E-state index contributed by atoms with van der Waals surface area (Å²) in [4.78, 5) is 24.8. The second-order valence-electron chi connectivity index (χ2n) is 5.88. The van der Waals surface area contributed by atoms with Crippen LogP contribution in [0.1, 0.15) is 5.76 Å². The van der Waals surface area contributed by atoms with E-state index in [1.54, 1.807) is 60.9 Å². The van der Waals surface area contributed by atoms with Gasteiger partial charge in [-0.2, -0.15) is 0 Å². The van der Waals surface area contributed by atoms with Crippen LogP contribution in [0.25, 0.3) is 0 Å². The molecule has 0 unspecified atom stereocenters. The van der Waals surface area contributed by atoms with Gasteiger partial charge >= 0.3 is 6.03 Å². The standard InChI is InChI=1S/C20H17Cl2N3O3S/c21-13-3-8-17(22)18(10-13)29-12-19(26)24-14-4-6-15(7-5-14)25-20(27)23-11-16-2-1-9-28-16/h1-10H,11-12H2,(H,24,26)(H2,23,25,27). The van der Waals surface area contributed by atoms with Crippen LogP contribution < -0.4 is 16.0 Å². The first kappa shape index (κ1) is 21.1. The molecule has 6 nitrogen and oxygen atoms in total. The number of benzene rings is 2. The number of carbonyl (C=O) groups excluding carboxylic acids is 2. The molecule has 0 atom stereocenters. The summed E-state index contributed by atoms with van der Waals surface area (Å²) in [6, 6.07) is 15.1. The lowest BCUT2D eigenvalue weighted by molar-refractivity contribution is -0.113. The van der Waals surface area contributed by atoms with Crippen molar-refractivity contribution < 1.29 is 14.0 Å². The maximum Gasteiger partial charge on any atom is 0.319 e. The maximum absolute atomic E-state index is 12.1. The molecule has 3 aromatic rings. The SMILES string of the molecule is O=C(CSc1cc(Cl)ccc1Cl)Nc1ccc(NC(=O)NCc2ccco2)cc1. The first-order valence-corrected chi connectivity index (χ1v) is 10.3. The van der Waals surface area contributed by atoms with Gasteiger partial charge < -0.3 is 20.4 Å². The number of nitrogens with one attached hydrogen (secondary N) is 3. The maximum atomic E-state index is 12.1. The van der Waals surface area contributed by atoms with Gasteiger partial charge in [-0.15, -0.1) is 11.8 Å². The molecule has 1 aromatic heterocycles. The van der Waals surface area contributed by atoms with Gasteiger partial charge in [0.15, 0.2) is 0 Å². The van der Waals surface area contributed by atoms with E-state index in [4.69, 9.17) is 27.6 Å². The van der Waals surface area contributed by atoms with Gasteiger partial charge in [-0.25, -0.2) is 4.79 Å². The minimum absolute atomic E-state index is 0.178. The number of carbonyl (C=O) groups is 2. The number of hydrogen-bond donors (Lipinski definition) is 3. The van der Waals surface area contributed by atoms with Gasteiger partial charge in [0, 0.05) is 21.3 Å². The number of rotatable bonds is 7. The molecule has 3 rings (SSSR count). The van der Waals surface area contributed by atoms with E-state index in [2.05, 4.69) is 16.0 Å². The smallest absolute Gasteiger partial charge is 0.319 e. The highest BCUT2D eigenvalue weighted by molar-refractivity contribution is 8.00. The highest BCUT2D eigenvalue weighted by Crippen LogP contribution is 2.29. The Morgan fingerprint density at radius 1 is 0.966 bits per heavy atom. The quantitative estimate of drug-likeness (QED) is 0.407. The molecule has 0 saturated heterocycles. The van der Waals surface area contributed by atoms with Crippen LogP contribution in [0.5, 0.6) is 0 Å². The van der Waals surface area contributed by atoms with E-state index < -0.39 is 0 Å². The summed E-state index contributed by atoms with van der Waals surface area (Å²) in [5.74, 6) is 0.674. The number of halogens is 2. The Morgan fingerprint density at radius 3 is 2.38 bits per heavy atom. The van der Waals surface area contributed by atoms with Gasteiger partial charge in [0.25, 0.3) is 0 Å². The van der Waals surface area contributed by atoms with Crippen molar-refractivity contribution in [2.45, 2.75) is 11.4 Å². The highest BCUT2D eigenvalue weighted by Gasteiger charge is 2.08. The molecular weight excluding hydrogens is 433 g/mol. The third-order valence-corrected chi connectivity index (χ3v) is 5.41. The zero-order valence-corrected chi connectivity index (χ0v) is 17.4. The Morgan fingerprint density at radius 2 is 1.69 bits per heavy atom. The second-order valence-corrected chi connectivity index (χ2v) is 7.74. The van der Waals surface area contributed by atoms with Crippen molar-refractivity contribution in [3.05, 3.63) is 76.7 Å². The normalized spacial score (nSPS) is 10.4. The molecule has 0 radical (unpaired) electrons. The average molecular weight is 450 g/mol. The van der Waals surface area contributed by atoms with Crippen LogP contribution in [0.15, 0.2) is 70.2 Å². The Balaban J connectivity index is 1.45. The Kier molecular flexibility index (Phi) is 7.46. The largest absolute Gasteiger partial charge is 0.467 e. The average Bonchev–Trinajstić information content (AvgIpc) is 3.22. The van der Waals surface area contributed by atoms with Crippen LogP contribution >= 0.6 is 35.0 Å². The minimum Gasteiger partial charge on any atom is -0.467 e. The molecule has 0 aliphatic heterocycles. The van der Waals surface area contributed by atoms with Gasteiger partial charge in [0.1, 0.15) is 5.76 Å². The molecule has 3 amide bonds. The molecular formula is C20H17Cl2N3O3S. The number of hydrogen-bond acceptors (Lipinski definition) is 4. The van der Waals surface area contributed by atoms with Gasteiger partial charge in [-0.1, -0.05) is 23.2 Å². The molecule has 0 spiro atoms. The van der Waals surface area contributed by atoms with Gasteiger partial charge in [-0.3, -0.25) is 4.79 Å². The van der Waals surface area contributed by atoms with E-state index in [-0.39, 0.29) is 17.7 Å². The zero-order chi connectivity index (χ0) is 20.6. The molecule has 29 heavy (non-hydrogen) atoms. The fraction of sp³-hybridized carbons (Fsp3) is 0.100. The van der Waals surface area contributed by atoms with Crippen molar-refractivity contribution >= 4 is 58.3 Å². The predicted molar refractivity (Wildman–Crippen MR) is 117 cm³/mol. The van der Waals surface area contributed by atoms with E-state index in [1.807, 2.05) is 0 Å². The summed E-state index contributed by atoms with van der Waals surface area (Å²) in [6.07, 6.45) is 1.55. The molecule has 0 fully saturated rings. The van der Waals surface area contributed by atoms with Gasteiger partial charge in [0.2, 0.25) is 5.91 Å². The van der Waals surface area contributed by atoms with Crippen LogP contribution in [0, 0.1) is 0 Å². The zero-order valence-electron chi connectivity index (χ0n) is 15.1. The van der Waals surface area contributed by atoms with Crippen LogP contribution in [0.2, 0.25) is 10.0 Å². The van der Waals surface area contributed by atoms with Gasteiger partial charge in [-0.05, 0) is 54.6 Å². The molecule has 3 N–H and O–H groups in total. The predicted octanol–water partition coefficient (Wildman–Crippen LogP) is 5.64. The Bertz CT molecular complexity index is 979. The molecule has 0 aliphatic carbocycles. The van der Waals surface area contributed by atoms with Crippen molar-refractivity contribution in [3.63, 3.8) is 0 Å². The number of furan rings is 1. The number of amides is 3. The van der Waals surface area contributed by atoms with Crippen molar-refractivity contribution in [3.8, 4) is 0 Å². The summed E-state index contributed by atoms with van der Waals surface area (Å²) in [7, 11) is 0. The van der Waals surface area contributed by atoms with Crippen molar-refractivity contribution in [1.29, 1.82) is 0 Å². The van der Waals surface area contributed by atoms with Gasteiger partial charge in [0.05, 0.1) is 23.6 Å². The third-order valence-electron chi connectivity index (χ3n) is 3.68. The van der Waals surface area contributed by atoms with Crippen LogP contribution in [-0.2, 0) is 11.3 Å². The van der Waals surface area contributed by atoms with Crippen LogP contribution in [0.3, 0.4) is 0 Å². The molecule has 0 bridgehead atoms. The Hall–Kier alpha value is -2.61. The first-order chi connectivity index (χ1) is 14.0. The highest BCUT2D eigenvalue weighted by atomic mass is 35.5. The third kappa shape index (κ3) is 6.74. The lowest BCUT2D eigenvalue weighted by atomic mass is 10.3. The van der Waals surface area contributed by atoms with E-state index in [0.717, 1.165) is 4.90 Å². The fourth-order valence-corrected chi connectivity index (χ4v) is 3.61. The van der Waals surface area contributed by atoms with Crippen molar-refractivity contribution in [2.75, 3.05) is 16.4 Å². The van der Waals surface area contributed by atoms with E-state index in [1.165, 1.54) is 11.8 Å². The van der Waals surface area contributed by atoms with E-state index in [0.29, 0.717) is 33.7 Å². The van der Waals surface area contributed by atoms with Crippen molar-refractivity contribution in [2.24, 2.45) is 0 Å². The summed E-state index contributed by atoms with van der Waals surface area (Å²) in [5, 5.41) is 9.30. The summed E-state index contributed by atoms with van der Waals surface area (Å²) in [6.45, 7) is 0.293. The van der Waals surface area contributed by atoms with E-state index in [9.17, 15) is 9.59 Å². The lowest BCUT2D eigenvalue weighted by Gasteiger charge is -2.09. The van der Waals surface area contributed by atoms with Crippen LogP contribution in [-0.4, -0.2) is 17.7 Å². The monoisotopic (exact) mass is 449 g/mol. The molecule has 2 aromatic carbocycles. The lowest BCUT2D eigenvalue weighted by Crippen LogP contribution is -2.27. The molecule has 0 aliphatic rings. The van der Waals surface area contributed by atoms with E-state index >= 15 is 0 Å². The topological polar surface area (TPSA) is 83.4 Å². The fourth-order valence-electron chi connectivity index (χ4n) is 2.32. The number of urea groups is 1. The molecule has 0 saturated carbocycles. The number of anilines is 2. The Labute approximate surface area is 182 Å². The molecule has 9 heteroatoms. The first-order valence-electron chi connectivity index (χ1n) is 8.54. The van der Waals surface area contributed by atoms with Crippen LogP contribution in [0.4, 0.5) is 16.2 Å². The number of thioether (sulfide) groups is 1. The minimum atomic E-state index is -0.354.